The number of rotatable bonds is 3. The maximum atomic E-state index is 12.6. The first kappa shape index (κ1) is 17.2. The second-order valence-corrected chi connectivity index (χ2v) is 6.79. The summed E-state index contributed by atoms with van der Waals surface area (Å²) in [6.45, 7) is 5.91. The predicted molar refractivity (Wildman–Crippen MR) is 84.9 cm³/mol. The second-order valence-electron chi connectivity index (χ2n) is 6.79. The van der Waals surface area contributed by atoms with Crippen LogP contribution in [0.25, 0.3) is 0 Å². The highest BCUT2D eigenvalue weighted by molar-refractivity contribution is 5.87. The Kier molecular flexibility index (Phi) is 4.92. The molecule has 0 aromatic carbocycles. The molecule has 1 saturated heterocycles. The molecular formula is C17H24N2O4. The van der Waals surface area contributed by atoms with Crippen LogP contribution in [0, 0.1) is 0 Å². The van der Waals surface area contributed by atoms with E-state index in [1.165, 1.54) is 12.0 Å². The van der Waals surface area contributed by atoms with Crippen molar-refractivity contribution in [1.29, 1.82) is 0 Å². The van der Waals surface area contributed by atoms with Crippen LogP contribution >= 0.6 is 0 Å². The maximum Gasteiger partial charge on any atom is 0.411 e. The van der Waals surface area contributed by atoms with Gasteiger partial charge in [0, 0.05) is 25.4 Å². The number of hydrogen-bond acceptors (Lipinski definition) is 5. The molecule has 23 heavy (non-hydrogen) atoms. The van der Waals surface area contributed by atoms with Gasteiger partial charge < -0.3 is 9.47 Å². The van der Waals surface area contributed by atoms with Gasteiger partial charge in [-0.3, -0.25) is 9.88 Å². The number of ether oxygens (including phenoxy) is 2. The van der Waals surface area contributed by atoms with Crippen molar-refractivity contribution in [3.63, 3.8) is 0 Å². The zero-order chi connectivity index (χ0) is 17.1. The van der Waals surface area contributed by atoms with Gasteiger partial charge in [-0.2, -0.15) is 0 Å². The van der Waals surface area contributed by atoms with Crippen LogP contribution in [-0.2, 0) is 20.7 Å². The van der Waals surface area contributed by atoms with E-state index in [-0.39, 0.29) is 0 Å². The Morgan fingerprint density at radius 2 is 1.96 bits per heavy atom. The lowest BCUT2D eigenvalue weighted by Crippen LogP contribution is -2.56. The Hall–Kier alpha value is -2.11. The van der Waals surface area contributed by atoms with Crippen LogP contribution < -0.4 is 0 Å². The van der Waals surface area contributed by atoms with Crippen LogP contribution in [0.5, 0.6) is 0 Å². The second kappa shape index (κ2) is 6.56. The van der Waals surface area contributed by atoms with Gasteiger partial charge in [0.1, 0.15) is 11.1 Å². The van der Waals surface area contributed by atoms with E-state index < -0.39 is 23.2 Å². The van der Waals surface area contributed by atoms with Gasteiger partial charge in [0.05, 0.1) is 7.11 Å². The van der Waals surface area contributed by atoms with Crippen LogP contribution in [0.2, 0.25) is 0 Å². The van der Waals surface area contributed by atoms with E-state index in [2.05, 4.69) is 4.98 Å². The Labute approximate surface area is 136 Å². The van der Waals surface area contributed by atoms with E-state index >= 15 is 0 Å². The molecule has 0 bridgehead atoms. The number of hydrogen-bond donors (Lipinski definition) is 0. The van der Waals surface area contributed by atoms with Crippen molar-refractivity contribution in [3.05, 3.63) is 30.1 Å². The highest BCUT2D eigenvalue weighted by atomic mass is 16.6. The fraction of sp³-hybridized carbons (Fsp3) is 0.588. The van der Waals surface area contributed by atoms with Gasteiger partial charge in [-0.25, -0.2) is 9.59 Å². The number of carbonyl (C=O) groups is 2. The van der Waals surface area contributed by atoms with E-state index in [1.807, 2.05) is 32.9 Å². The molecule has 0 aliphatic carbocycles. The monoisotopic (exact) mass is 320 g/mol. The highest BCUT2D eigenvalue weighted by Gasteiger charge is 2.51. The van der Waals surface area contributed by atoms with Crippen molar-refractivity contribution in [2.24, 2.45) is 0 Å². The summed E-state index contributed by atoms with van der Waals surface area (Å²) in [4.78, 5) is 30.6. The number of amides is 1. The first-order valence-electron chi connectivity index (χ1n) is 7.76. The van der Waals surface area contributed by atoms with Gasteiger partial charge in [-0.1, -0.05) is 0 Å². The van der Waals surface area contributed by atoms with E-state index in [4.69, 9.17) is 9.47 Å². The van der Waals surface area contributed by atoms with Crippen LogP contribution in [0.3, 0.4) is 0 Å². The third-order valence-corrected chi connectivity index (χ3v) is 3.91. The molecule has 1 amide bonds. The summed E-state index contributed by atoms with van der Waals surface area (Å²) >= 11 is 0. The molecule has 1 aromatic heterocycles. The van der Waals surface area contributed by atoms with Crippen molar-refractivity contribution >= 4 is 12.1 Å². The molecule has 1 aromatic rings. The Morgan fingerprint density at radius 3 is 2.52 bits per heavy atom. The van der Waals surface area contributed by atoms with Crippen LogP contribution in [0.1, 0.15) is 39.2 Å². The molecule has 2 heterocycles. The minimum absolute atomic E-state index is 0.390. The van der Waals surface area contributed by atoms with Gasteiger partial charge in [0.25, 0.3) is 0 Å². The van der Waals surface area contributed by atoms with Crippen molar-refractivity contribution < 1.29 is 19.1 Å². The Morgan fingerprint density at radius 1 is 1.30 bits per heavy atom. The summed E-state index contributed by atoms with van der Waals surface area (Å²) in [5.74, 6) is -0.405. The molecule has 1 atom stereocenters. The van der Waals surface area contributed by atoms with Gasteiger partial charge in [-0.05, 0) is 51.3 Å². The average molecular weight is 320 g/mol. The number of carbonyl (C=O) groups excluding carboxylic acids is 2. The summed E-state index contributed by atoms with van der Waals surface area (Å²) in [5.41, 5.74) is -0.697. The van der Waals surface area contributed by atoms with Gasteiger partial charge >= 0.3 is 12.1 Å². The minimum atomic E-state index is -1.02. The molecule has 1 aliphatic rings. The molecule has 2 rings (SSSR count). The van der Waals surface area contributed by atoms with Gasteiger partial charge in [0.2, 0.25) is 0 Å². The lowest BCUT2D eigenvalue weighted by molar-refractivity contribution is -0.153. The molecule has 6 nitrogen and oxygen atoms in total. The molecule has 1 fully saturated rings. The number of pyridine rings is 1. The lowest BCUT2D eigenvalue weighted by atomic mass is 9.88. The Bertz CT molecular complexity index is 568. The number of likely N-dealkylation sites (tertiary alicyclic amines) is 1. The van der Waals surface area contributed by atoms with Crippen molar-refractivity contribution in [1.82, 2.24) is 9.88 Å². The highest BCUT2D eigenvalue weighted by Crippen LogP contribution is 2.35. The quantitative estimate of drug-likeness (QED) is 0.801. The molecule has 0 radical (unpaired) electrons. The van der Waals surface area contributed by atoms with Crippen molar-refractivity contribution in [3.8, 4) is 0 Å². The molecule has 0 saturated carbocycles. The average Bonchev–Trinajstić information content (AvgIpc) is 2.90. The topological polar surface area (TPSA) is 68.7 Å². The zero-order valence-electron chi connectivity index (χ0n) is 14.2. The van der Waals surface area contributed by atoms with Crippen molar-refractivity contribution in [2.45, 2.75) is 51.2 Å². The van der Waals surface area contributed by atoms with Crippen molar-refractivity contribution in [2.75, 3.05) is 13.7 Å². The molecule has 0 spiro atoms. The summed E-state index contributed by atoms with van der Waals surface area (Å²) in [7, 11) is 1.35. The fourth-order valence-electron chi connectivity index (χ4n) is 2.96. The molecule has 6 heteroatoms. The van der Waals surface area contributed by atoms with E-state index in [9.17, 15) is 9.59 Å². The van der Waals surface area contributed by atoms with Crippen LogP contribution in [0.15, 0.2) is 24.5 Å². The lowest BCUT2D eigenvalue weighted by Gasteiger charge is -2.36. The standard InChI is InChI=1S/C17H24N2O4/c1-16(2,3)23-15(21)19-11-5-8-17(19,14(20)22-4)12-13-6-9-18-10-7-13/h6-7,9-10H,5,8,11-12H2,1-4H3. The number of methoxy groups -OCH3 is 1. The number of nitrogens with zero attached hydrogens (tertiary/aromatic N) is 2. The molecule has 1 aliphatic heterocycles. The largest absolute Gasteiger partial charge is 0.467 e. The van der Waals surface area contributed by atoms with E-state index in [1.54, 1.807) is 12.4 Å². The maximum absolute atomic E-state index is 12.6. The molecule has 126 valence electrons. The summed E-state index contributed by atoms with van der Waals surface area (Å²) in [6.07, 6.45) is 4.55. The normalized spacial score (nSPS) is 21.1. The molecule has 1 unspecified atom stereocenters. The fourth-order valence-corrected chi connectivity index (χ4v) is 2.96. The Balaban J connectivity index is 2.32. The first-order chi connectivity index (χ1) is 10.8. The predicted octanol–water partition coefficient (Wildman–Crippen LogP) is 2.57. The smallest absolute Gasteiger partial charge is 0.411 e. The number of aromatic nitrogens is 1. The SMILES string of the molecule is COC(=O)C1(Cc2ccncc2)CCCN1C(=O)OC(C)(C)C. The van der Waals surface area contributed by atoms with Gasteiger partial charge in [-0.15, -0.1) is 0 Å². The minimum Gasteiger partial charge on any atom is -0.467 e. The number of esters is 1. The van der Waals surface area contributed by atoms with E-state index in [0.29, 0.717) is 19.4 Å². The zero-order valence-corrected chi connectivity index (χ0v) is 14.2. The van der Waals surface area contributed by atoms with Crippen LogP contribution in [-0.4, -0.2) is 46.7 Å². The third kappa shape index (κ3) is 3.81. The molecule has 0 N–H and O–H groups in total. The van der Waals surface area contributed by atoms with Crippen LogP contribution in [0.4, 0.5) is 4.79 Å². The first-order valence-corrected chi connectivity index (χ1v) is 7.76. The van der Waals surface area contributed by atoms with E-state index in [0.717, 1.165) is 12.0 Å². The third-order valence-electron chi connectivity index (χ3n) is 3.91. The summed E-state index contributed by atoms with van der Waals surface area (Å²) < 4.78 is 10.5. The van der Waals surface area contributed by atoms with Gasteiger partial charge in [0.15, 0.2) is 0 Å². The summed E-state index contributed by atoms with van der Waals surface area (Å²) in [5, 5.41) is 0. The summed E-state index contributed by atoms with van der Waals surface area (Å²) in [6, 6.07) is 3.69. The molecular weight excluding hydrogens is 296 g/mol.